The van der Waals surface area contributed by atoms with Gasteiger partial charge in [0, 0.05) is 53.1 Å². The molecule has 0 aliphatic heterocycles. The fraction of sp³-hybridized carbons (Fsp3) is 0.0545. The lowest BCUT2D eigenvalue weighted by Crippen LogP contribution is -2.02. The summed E-state index contributed by atoms with van der Waals surface area (Å²) in [7, 11) is 0. The highest BCUT2D eigenvalue weighted by Crippen LogP contribution is 2.43. The van der Waals surface area contributed by atoms with Crippen LogP contribution in [0.1, 0.15) is 18.9 Å². The summed E-state index contributed by atoms with van der Waals surface area (Å²) in [5.74, 6) is 0.489. The van der Waals surface area contributed by atoms with Crippen molar-refractivity contribution in [3.63, 3.8) is 0 Å². The molecule has 3 heterocycles. The van der Waals surface area contributed by atoms with Crippen molar-refractivity contribution in [2.45, 2.75) is 13.3 Å². The zero-order valence-electron chi connectivity index (χ0n) is 32.1. The van der Waals surface area contributed by atoms with E-state index in [1.54, 1.807) is 0 Å². The number of para-hydroxylation sites is 1. The predicted molar refractivity (Wildman–Crippen MR) is 250 cm³/mol. The molecule has 0 bridgehead atoms. The molecule has 274 valence electrons. The molecule has 0 spiro atoms. The maximum Gasteiger partial charge on any atom is 0.0548 e. The summed E-state index contributed by atoms with van der Waals surface area (Å²) in [5, 5.41) is 7.70. The number of aromatic nitrogens is 2. The van der Waals surface area contributed by atoms with Crippen molar-refractivity contribution in [1.29, 1.82) is 0 Å². The van der Waals surface area contributed by atoms with Crippen LogP contribution in [0.25, 0.3) is 103 Å². The van der Waals surface area contributed by atoms with Gasteiger partial charge in [-0.15, -0.1) is 11.3 Å². The van der Waals surface area contributed by atoms with Crippen molar-refractivity contribution in [1.82, 2.24) is 9.13 Å². The smallest absolute Gasteiger partial charge is 0.0548 e. The summed E-state index contributed by atoms with van der Waals surface area (Å²) < 4.78 is 7.57. The largest absolute Gasteiger partial charge is 0.309 e. The van der Waals surface area contributed by atoms with Gasteiger partial charge in [-0.1, -0.05) is 128 Å². The summed E-state index contributed by atoms with van der Waals surface area (Å²) in [6, 6.07) is 65.4. The molecule has 11 aromatic rings. The standard InChI is InChI=1S/C55H38N2S/c1-35-13-5-6-20-43(35)40-17-12-19-42(30-40)57-52-28-26-39(32-47(52)48-34-55-49(33-53(48)57)45-22-8-10-24-54(45)58-55)38-25-27-51-46(31-38)44-21-7-9-23-50(44)56(51)41-18-11-16-37(29-41)36-14-3-2-4-15-36/h2-12,14-35H,13H2,1H3. The zero-order chi connectivity index (χ0) is 38.3. The first-order chi connectivity index (χ1) is 28.7. The van der Waals surface area contributed by atoms with E-state index in [1.807, 2.05) is 11.3 Å². The van der Waals surface area contributed by atoms with Gasteiger partial charge < -0.3 is 9.13 Å². The summed E-state index contributed by atoms with van der Waals surface area (Å²) in [5.41, 5.74) is 14.8. The fourth-order valence-electron chi connectivity index (χ4n) is 9.53. The Kier molecular flexibility index (Phi) is 7.48. The summed E-state index contributed by atoms with van der Waals surface area (Å²) >= 11 is 1.89. The quantitative estimate of drug-likeness (QED) is 0.165. The van der Waals surface area contributed by atoms with E-state index < -0.39 is 0 Å². The zero-order valence-corrected chi connectivity index (χ0v) is 32.9. The van der Waals surface area contributed by atoms with Crippen LogP contribution in [0.4, 0.5) is 0 Å². The van der Waals surface area contributed by atoms with Crippen molar-refractivity contribution in [2.75, 3.05) is 0 Å². The molecule has 12 rings (SSSR count). The molecule has 0 amide bonds. The Morgan fingerprint density at radius 3 is 1.78 bits per heavy atom. The van der Waals surface area contributed by atoms with Crippen LogP contribution >= 0.6 is 11.3 Å². The average Bonchev–Trinajstić information content (AvgIpc) is 3.92. The van der Waals surface area contributed by atoms with Gasteiger partial charge in [-0.25, -0.2) is 0 Å². The van der Waals surface area contributed by atoms with Gasteiger partial charge >= 0.3 is 0 Å². The summed E-state index contributed by atoms with van der Waals surface area (Å²) in [6.07, 6.45) is 7.86. The van der Waals surface area contributed by atoms with Gasteiger partial charge in [-0.2, -0.15) is 0 Å². The SMILES string of the molecule is CC1CC=CC=C1c1cccc(-n2c3ccc(-c4ccc5c(c4)c4ccccc4n5-c4cccc(-c5ccccc5)c4)cc3c3cc4sc5ccccc5c4cc32)c1. The number of hydrogen-bond acceptors (Lipinski definition) is 1. The van der Waals surface area contributed by atoms with E-state index in [-0.39, 0.29) is 0 Å². The fourth-order valence-corrected chi connectivity index (χ4v) is 10.7. The Bertz CT molecular complexity index is 3500. The summed E-state index contributed by atoms with van der Waals surface area (Å²) in [6.45, 7) is 2.33. The first kappa shape index (κ1) is 33.2. The molecule has 0 N–H and O–H groups in total. The number of nitrogens with zero attached hydrogens (tertiary/aromatic N) is 2. The monoisotopic (exact) mass is 758 g/mol. The highest BCUT2D eigenvalue weighted by Gasteiger charge is 2.20. The first-order valence-electron chi connectivity index (χ1n) is 20.2. The Labute approximate surface area is 340 Å². The van der Waals surface area contributed by atoms with Crippen molar-refractivity contribution in [2.24, 2.45) is 5.92 Å². The molecular weight excluding hydrogens is 721 g/mol. The molecule has 0 radical (unpaired) electrons. The molecule has 0 saturated heterocycles. The Balaban J connectivity index is 1.05. The third kappa shape index (κ3) is 5.17. The van der Waals surface area contributed by atoms with Gasteiger partial charge in [-0.3, -0.25) is 0 Å². The summed E-state index contributed by atoms with van der Waals surface area (Å²) in [4.78, 5) is 0. The number of benzene rings is 8. The van der Waals surface area contributed by atoms with E-state index >= 15 is 0 Å². The molecule has 0 fully saturated rings. The number of fused-ring (bicyclic) bond motifs is 9. The number of rotatable bonds is 5. The van der Waals surface area contributed by atoms with Crippen LogP contribution in [0, 0.1) is 5.92 Å². The maximum atomic E-state index is 2.49. The normalized spacial score (nSPS) is 14.4. The minimum Gasteiger partial charge on any atom is -0.309 e. The van der Waals surface area contributed by atoms with Gasteiger partial charge in [0.25, 0.3) is 0 Å². The topological polar surface area (TPSA) is 9.86 Å². The molecule has 0 saturated carbocycles. The highest BCUT2D eigenvalue weighted by atomic mass is 32.1. The molecule has 1 aliphatic rings. The highest BCUT2D eigenvalue weighted by molar-refractivity contribution is 7.25. The lowest BCUT2D eigenvalue weighted by molar-refractivity contribution is 0.758. The van der Waals surface area contributed by atoms with Crippen molar-refractivity contribution in [3.8, 4) is 33.6 Å². The molecule has 2 nitrogen and oxygen atoms in total. The molecule has 1 unspecified atom stereocenters. The Morgan fingerprint density at radius 2 is 1.00 bits per heavy atom. The minimum absolute atomic E-state index is 0.489. The van der Waals surface area contributed by atoms with Crippen LogP contribution in [-0.2, 0) is 0 Å². The van der Waals surface area contributed by atoms with E-state index in [2.05, 4.69) is 210 Å². The lowest BCUT2D eigenvalue weighted by Gasteiger charge is -2.19. The Hall–Kier alpha value is -6.94. The van der Waals surface area contributed by atoms with Gasteiger partial charge in [0.2, 0.25) is 0 Å². The van der Waals surface area contributed by atoms with Crippen LogP contribution in [0.5, 0.6) is 0 Å². The second-order valence-corrected chi connectivity index (χ2v) is 16.9. The predicted octanol–water partition coefficient (Wildman–Crippen LogP) is 15.6. The molecule has 3 heteroatoms. The van der Waals surface area contributed by atoms with Crippen LogP contribution in [0.2, 0.25) is 0 Å². The van der Waals surface area contributed by atoms with E-state index in [1.165, 1.54) is 103 Å². The second kappa shape index (κ2) is 13.1. The van der Waals surface area contributed by atoms with E-state index in [4.69, 9.17) is 0 Å². The van der Waals surface area contributed by atoms with Crippen molar-refractivity contribution >= 4 is 80.7 Å². The second-order valence-electron chi connectivity index (χ2n) is 15.8. The molecule has 8 aromatic carbocycles. The van der Waals surface area contributed by atoms with Crippen LogP contribution in [-0.4, -0.2) is 9.13 Å². The molecule has 1 aliphatic carbocycles. The van der Waals surface area contributed by atoms with Crippen LogP contribution in [0.15, 0.2) is 194 Å². The minimum atomic E-state index is 0.489. The number of thiophene rings is 1. The van der Waals surface area contributed by atoms with Gasteiger partial charge in [-0.05, 0) is 119 Å². The molecular formula is C55H38N2S. The average molecular weight is 759 g/mol. The lowest BCUT2D eigenvalue weighted by atomic mass is 9.88. The van der Waals surface area contributed by atoms with Gasteiger partial charge in [0.15, 0.2) is 0 Å². The van der Waals surface area contributed by atoms with Gasteiger partial charge in [0.05, 0.1) is 22.1 Å². The molecule has 58 heavy (non-hydrogen) atoms. The van der Waals surface area contributed by atoms with Crippen LogP contribution in [0.3, 0.4) is 0 Å². The van der Waals surface area contributed by atoms with Crippen LogP contribution < -0.4 is 0 Å². The van der Waals surface area contributed by atoms with Crippen molar-refractivity contribution in [3.05, 3.63) is 200 Å². The van der Waals surface area contributed by atoms with Gasteiger partial charge in [0.1, 0.15) is 0 Å². The Morgan fingerprint density at radius 1 is 0.414 bits per heavy atom. The number of hydrogen-bond donors (Lipinski definition) is 0. The van der Waals surface area contributed by atoms with Crippen molar-refractivity contribution < 1.29 is 0 Å². The molecule has 1 atom stereocenters. The third-order valence-corrected chi connectivity index (χ3v) is 13.5. The maximum absolute atomic E-state index is 2.49. The first-order valence-corrected chi connectivity index (χ1v) is 21.0. The third-order valence-electron chi connectivity index (χ3n) is 12.4. The van der Waals surface area contributed by atoms with E-state index in [9.17, 15) is 0 Å². The molecule has 3 aromatic heterocycles. The van der Waals surface area contributed by atoms with E-state index in [0.29, 0.717) is 5.92 Å². The van der Waals surface area contributed by atoms with E-state index in [0.717, 1.165) is 12.1 Å². The number of allylic oxidation sites excluding steroid dienone is 4.